The number of hydrogen-bond donors (Lipinski definition) is 2. The van der Waals surface area contributed by atoms with Crippen LogP contribution in [-0.2, 0) is 0 Å². The molecule has 0 saturated carbocycles. The molecule has 0 bridgehead atoms. The fourth-order valence-electron chi connectivity index (χ4n) is 3.01. The van der Waals surface area contributed by atoms with E-state index in [-0.39, 0.29) is 17.5 Å². The number of aromatic amines is 1. The molecule has 6 nitrogen and oxygen atoms in total. The standard InChI is InChI=1S/C20H17F3N4O2/c1-11(2)27-10-13-7-14(4-6-16(13)26-27)24-19(28)18-8-12-3-5-15(9-17(12)25-18)29-20(21,22)23/h3-11,25H,1-2H3,(H,24,28). The summed E-state index contributed by atoms with van der Waals surface area (Å²) in [6.07, 6.45) is -2.87. The number of halogens is 3. The largest absolute Gasteiger partial charge is 0.573 e. The van der Waals surface area contributed by atoms with Crippen molar-refractivity contribution >= 4 is 33.4 Å². The molecule has 0 fully saturated rings. The summed E-state index contributed by atoms with van der Waals surface area (Å²) < 4.78 is 42.9. The van der Waals surface area contributed by atoms with E-state index >= 15 is 0 Å². The van der Waals surface area contributed by atoms with Gasteiger partial charge in [0, 0.05) is 40.3 Å². The SMILES string of the molecule is CC(C)n1cc2cc(NC(=O)c3cc4ccc(OC(F)(F)F)cc4[nH]3)ccc2n1. The van der Waals surface area contributed by atoms with Gasteiger partial charge >= 0.3 is 6.36 Å². The molecule has 0 spiro atoms. The number of alkyl halides is 3. The Labute approximate surface area is 163 Å². The molecule has 4 rings (SSSR count). The molecule has 2 aromatic carbocycles. The van der Waals surface area contributed by atoms with E-state index in [4.69, 9.17) is 0 Å². The molecular formula is C20H17F3N4O2. The second-order valence-corrected chi connectivity index (χ2v) is 6.91. The maximum atomic E-state index is 12.6. The number of anilines is 1. The predicted molar refractivity (Wildman–Crippen MR) is 103 cm³/mol. The third-order valence-corrected chi connectivity index (χ3v) is 4.38. The van der Waals surface area contributed by atoms with Crippen LogP contribution in [0.2, 0.25) is 0 Å². The zero-order valence-corrected chi connectivity index (χ0v) is 15.5. The van der Waals surface area contributed by atoms with Crippen molar-refractivity contribution in [3.8, 4) is 5.75 Å². The Hall–Kier alpha value is -3.49. The zero-order valence-electron chi connectivity index (χ0n) is 15.5. The van der Waals surface area contributed by atoms with Crippen LogP contribution in [0.4, 0.5) is 18.9 Å². The Balaban J connectivity index is 1.56. The van der Waals surface area contributed by atoms with Gasteiger partial charge in [0.05, 0.1) is 5.52 Å². The fraction of sp³-hybridized carbons (Fsp3) is 0.200. The minimum atomic E-state index is -4.78. The molecule has 0 radical (unpaired) electrons. The first-order chi connectivity index (χ1) is 13.7. The number of nitrogens with zero attached hydrogens (tertiary/aromatic N) is 2. The van der Waals surface area contributed by atoms with Crippen LogP contribution in [0.15, 0.2) is 48.7 Å². The van der Waals surface area contributed by atoms with Gasteiger partial charge < -0.3 is 15.0 Å². The first-order valence-corrected chi connectivity index (χ1v) is 8.87. The molecule has 0 unspecified atom stereocenters. The quantitative estimate of drug-likeness (QED) is 0.490. The molecule has 9 heteroatoms. The van der Waals surface area contributed by atoms with Gasteiger partial charge in [0.1, 0.15) is 11.4 Å². The Bertz CT molecular complexity index is 1210. The van der Waals surface area contributed by atoms with Gasteiger partial charge in [0.25, 0.3) is 5.91 Å². The van der Waals surface area contributed by atoms with Gasteiger partial charge in [-0.05, 0) is 50.2 Å². The number of nitrogens with one attached hydrogen (secondary N) is 2. The van der Waals surface area contributed by atoms with Gasteiger partial charge in [-0.3, -0.25) is 9.48 Å². The van der Waals surface area contributed by atoms with Crippen molar-refractivity contribution in [2.45, 2.75) is 26.3 Å². The Kier molecular flexibility index (Phi) is 4.45. The minimum Gasteiger partial charge on any atom is -0.406 e. The smallest absolute Gasteiger partial charge is 0.406 e. The lowest BCUT2D eigenvalue weighted by atomic mass is 10.2. The lowest BCUT2D eigenvalue weighted by molar-refractivity contribution is -0.274. The molecule has 0 aliphatic carbocycles. The Morgan fingerprint density at radius 1 is 1.14 bits per heavy atom. The number of H-pyrrole nitrogens is 1. The third kappa shape index (κ3) is 4.03. The van der Waals surface area contributed by atoms with E-state index in [1.54, 1.807) is 12.1 Å². The maximum Gasteiger partial charge on any atom is 0.573 e. The molecule has 0 aliphatic heterocycles. The number of amides is 1. The van der Waals surface area contributed by atoms with Crippen molar-refractivity contribution in [1.82, 2.24) is 14.8 Å². The summed E-state index contributed by atoms with van der Waals surface area (Å²) in [5.74, 6) is -0.762. The van der Waals surface area contributed by atoms with Crippen molar-refractivity contribution < 1.29 is 22.7 Å². The highest BCUT2D eigenvalue weighted by Gasteiger charge is 2.31. The molecular weight excluding hydrogens is 385 g/mol. The number of fused-ring (bicyclic) bond motifs is 2. The van der Waals surface area contributed by atoms with Crippen molar-refractivity contribution in [3.05, 3.63) is 54.4 Å². The molecule has 150 valence electrons. The highest BCUT2D eigenvalue weighted by atomic mass is 19.4. The first-order valence-electron chi connectivity index (χ1n) is 8.87. The fourth-order valence-corrected chi connectivity index (χ4v) is 3.01. The van der Waals surface area contributed by atoms with Crippen LogP contribution in [-0.4, -0.2) is 27.0 Å². The van der Waals surface area contributed by atoms with Crippen LogP contribution in [0.5, 0.6) is 5.75 Å². The molecule has 2 aromatic heterocycles. The first kappa shape index (κ1) is 18.9. The van der Waals surface area contributed by atoms with E-state index in [0.29, 0.717) is 16.6 Å². The summed E-state index contributed by atoms with van der Waals surface area (Å²) in [6, 6.07) is 11.0. The summed E-state index contributed by atoms with van der Waals surface area (Å²) in [5.41, 5.74) is 2.00. The minimum absolute atomic E-state index is 0.220. The molecule has 0 saturated heterocycles. The highest BCUT2D eigenvalue weighted by Crippen LogP contribution is 2.27. The van der Waals surface area contributed by atoms with Crippen LogP contribution in [0, 0.1) is 0 Å². The summed E-state index contributed by atoms with van der Waals surface area (Å²) in [4.78, 5) is 15.4. The van der Waals surface area contributed by atoms with Crippen LogP contribution >= 0.6 is 0 Å². The maximum absolute atomic E-state index is 12.6. The van der Waals surface area contributed by atoms with Crippen molar-refractivity contribution in [2.75, 3.05) is 5.32 Å². The number of carbonyl (C=O) groups excluding carboxylic acids is 1. The number of ether oxygens (including phenoxy) is 1. The van der Waals surface area contributed by atoms with Gasteiger partial charge in [-0.1, -0.05) is 0 Å². The van der Waals surface area contributed by atoms with Gasteiger partial charge in [0.15, 0.2) is 0 Å². The van der Waals surface area contributed by atoms with E-state index in [2.05, 4.69) is 20.1 Å². The summed E-state index contributed by atoms with van der Waals surface area (Å²) in [5, 5.41) is 8.73. The summed E-state index contributed by atoms with van der Waals surface area (Å²) in [7, 11) is 0. The Morgan fingerprint density at radius 2 is 1.93 bits per heavy atom. The average Bonchev–Trinajstić information content (AvgIpc) is 3.23. The van der Waals surface area contributed by atoms with Crippen LogP contribution in [0.1, 0.15) is 30.4 Å². The second kappa shape index (κ2) is 6.84. The van der Waals surface area contributed by atoms with Gasteiger partial charge in [-0.15, -0.1) is 13.2 Å². The average molecular weight is 402 g/mol. The molecule has 0 atom stereocenters. The molecule has 2 N–H and O–H groups in total. The van der Waals surface area contributed by atoms with E-state index in [1.807, 2.05) is 36.9 Å². The van der Waals surface area contributed by atoms with E-state index < -0.39 is 12.3 Å². The number of carbonyl (C=O) groups is 1. The number of benzene rings is 2. The van der Waals surface area contributed by atoms with Gasteiger partial charge in [-0.25, -0.2) is 0 Å². The summed E-state index contributed by atoms with van der Waals surface area (Å²) >= 11 is 0. The van der Waals surface area contributed by atoms with Crippen molar-refractivity contribution in [3.63, 3.8) is 0 Å². The van der Waals surface area contributed by atoms with Crippen LogP contribution in [0.3, 0.4) is 0 Å². The van der Waals surface area contributed by atoms with Crippen LogP contribution < -0.4 is 10.1 Å². The number of aromatic nitrogens is 3. The molecule has 2 heterocycles. The Morgan fingerprint density at radius 3 is 2.66 bits per heavy atom. The van der Waals surface area contributed by atoms with E-state index in [0.717, 1.165) is 10.9 Å². The highest BCUT2D eigenvalue weighted by molar-refractivity contribution is 6.06. The lowest BCUT2D eigenvalue weighted by Crippen LogP contribution is -2.16. The second-order valence-electron chi connectivity index (χ2n) is 6.91. The third-order valence-electron chi connectivity index (χ3n) is 4.38. The van der Waals surface area contributed by atoms with Crippen molar-refractivity contribution in [1.29, 1.82) is 0 Å². The molecule has 29 heavy (non-hydrogen) atoms. The van der Waals surface area contributed by atoms with Crippen LogP contribution in [0.25, 0.3) is 21.8 Å². The van der Waals surface area contributed by atoms with E-state index in [9.17, 15) is 18.0 Å². The number of hydrogen-bond acceptors (Lipinski definition) is 3. The summed E-state index contributed by atoms with van der Waals surface area (Å²) in [6.45, 7) is 4.05. The topological polar surface area (TPSA) is 71.9 Å². The van der Waals surface area contributed by atoms with Gasteiger partial charge in [-0.2, -0.15) is 5.10 Å². The molecule has 0 aliphatic rings. The molecule has 4 aromatic rings. The van der Waals surface area contributed by atoms with Gasteiger partial charge in [0.2, 0.25) is 0 Å². The predicted octanol–water partition coefficient (Wildman–Crippen LogP) is 5.25. The number of rotatable bonds is 4. The lowest BCUT2D eigenvalue weighted by Gasteiger charge is -2.08. The van der Waals surface area contributed by atoms with Crippen molar-refractivity contribution in [2.24, 2.45) is 0 Å². The molecule has 1 amide bonds. The zero-order chi connectivity index (χ0) is 20.8. The normalized spacial score (nSPS) is 12.1. The monoisotopic (exact) mass is 402 g/mol. The van der Waals surface area contributed by atoms with E-state index in [1.165, 1.54) is 18.2 Å².